The van der Waals surface area contributed by atoms with Crippen LogP contribution >= 0.6 is 0 Å². The van der Waals surface area contributed by atoms with Gasteiger partial charge in [-0.3, -0.25) is 0 Å². The van der Waals surface area contributed by atoms with E-state index in [1.807, 2.05) is 0 Å². The Morgan fingerprint density at radius 3 is 2.67 bits per heavy atom. The molecule has 0 heterocycles. The Kier molecular flexibility index (Phi) is 6.16. The van der Waals surface area contributed by atoms with Gasteiger partial charge >= 0.3 is 6.18 Å². The van der Waals surface area contributed by atoms with Crippen LogP contribution < -0.4 is 20.5 Å². The van der Waals surface area contributed by atoms with Crippen molar-refractivity contribution in [3.63, 3.8) is 0 Å². The number of nitrogens with zero attached hydrogens (tertiary/aromatic N) is 1. The predicted octanol–water partition coefficient (Wildman–Crippen LogP) is 2.84. The van der Waals surface area contributed by atoms with Gasteiger partial charge in [0.25, 0.3) is 0 Å². The second-order valence-electron chi connectivity index (χ2n) is 5.77. The zero-order valence-electron chi connectivity index (χ0n) is 13.5. The highest BCUT2D eigenvalue weighted by molar-refractivity contribution is 5.77. The normalized spacial score (nSPS) is 15.8. The summed E-state index contributed by atoms with van der Waals surface area (Å²) in [5.74, 6) is 1.30. The van der Waals surface area contributed by atoms with Crippen molar-refractivity contribution in [3.8, 4) is 11.5 Å². The number of alkyl halides is 3. The fraction of sp³-hybridized carbons (Fsp3) is 0.562. The van der Waals surface area contributed by atoms with E-state index in [4.69, 9.17) is 15.2 Å². The number of hydrogen-bond donors (Lipinski definition) is 2. The third kappa shape index (κ3) is 5.82. The van der Waals surface area contributed by atoms with E-state index in [9.17, 15) is 13.2 Å². The summed E-state index contributed by atoms with van der Waals surface area (Å²) >= 11 is 0. The van der Waals surface area contributed by atoms with E-state index in [1.54, 1.807) is 12.1 Å². The quantitative estimate of drug-likeness (QED) is 0.589. The zero-order chi connectivity index (χ0) is 17.6. The number of benzene rings is 1. The lowest BCUT2D eigenvalue weighted by molar-refractivity contribution is -0.153. The minimum absolute atomic E-state index is 0.0404. The van der Waals surface area contributed by atoms with E-state index >= 15 is 0 Å². The molecule has 24 heavy (non-hydrogen) atoms. The molecule has 0 aliphatic heterocycles. The second kappa shape index (κ2) is 8.12. The first-order chi connectivity index (χ1) is 11.4. The van der Waals surface area contributed by atoms with Crippen LogP contribution in [-0.4, -0.2) is 32.4 Å². The lowest BCUT2D eigenvalue weighted by Crippen LogP contribution is -2.37. The summed E-state index contributed by atoms with van der Waals surface area (Å²) in [6.07, 6.45) is -0.686. The first kappa shape index (κ1) is 18.2. The number of guanidine groups is 1. The SMILES string of the molecule is COc1cc(CN=C(N)NCC2CCC2)ccc1OCC(F)(F)F. The van der Waals surface area contributed by atoms with Gasteiger partial charge in [0.2, 0.25) is 0 Å². The van der Waals surface area contributed by atoms with Gasteiger partial charge in [-0.15, -0.1) is 0 Å². The van der Waals surface area contributed by atoms with Crippen LogP contribution in [0.15, 0.2) is 23.2 Å². The van der Waals surface area contributed by atoms with Crippen molar-refractivity contribution in [2.24, 2.45) is 16.6 Å². The number of methoxy groups -OCH3 is 1. The first-order valence-electron chi connectivity index (χ1n) is 7.77. The molecule has 0 radical (unpaired) electrons. The van der Waals surface area contributed by atoms with Crippen molar-refractivity contribution in [3.05, 3.63) is 23.8 Å². The van der Waals surface area contributed by atoms with Crippen LogP contribution in [0.3, 0.4) is 0 Å². The fourth-order valence-electron chi connectivity index (χ4n) is 2.27. The number of rotatable bonds is 7. The Bertz CT molecular complexity index is 572. The third-order valence-corrected chi connectivity index (χ3v) is 3.85. The Morgan fingerprint density at radius 2 is 2.08 bits per heavy atom. The van der Waals surface area contributed by atoms with E-state index < -0.39 is 12.8 Å². The van der Waals surface area contributed by atoms with Crippen molar-refractivity contribution in [2.45, 2.75) is 32.0 Å². The van der Waals surface area contributed by atoms with Gasteiger partial charge in [-0.05, 0) is 36.5 Å². The van der Waals surface area contributed by atoms with E-state index in [-0.39, 0.29) is 11.5 Å². The summed E-state index contributed by atoms with van der Waals surface area (Å²) in [4.78, 5) is 4.22. The molecule has 5 nitrogen and oxygen atoms in total. The molecule has 134 valence electrons. The van der Waals surface area contributed by atoms with Gasteiger partial charge in [0.05, 0.1) is 13.7 Å². The minimum atomic E-state index is -4.39. The number of ether oxygens (including phenoxy) is 2. The average molecular weight is 345 g/mol. The van der Waals surface area contributed by atoms with Crippen LogP contribution in [-0.2, 0) is 6.54 Å². The first-order valence-corrected chi connectivity index (χ1v) is 7.77. The number of nitrogens with one attached hydrogen (secondary N) is 1. The summed E-state index contributed by atoms with van der Waals surface area (Å²) in [5.41, 5.74) is 6.57. The Morgan fingerprint density at radius 1 is 1.33 bits per heavy atom. The molecule has 1 aromatic rings. The van der Waals surface area contributed by atoms with Crippen LogP contribution in [0.5, 0.6) is 11.5 Å². The molecule has 0 spiro atoms. The van der Waals surface area contributed by atoms with Crippen molar-refractivity contribution in [1.29, 1.82) is 0 Å². The van der Waals surface area contributed by atoms with Crippen molar-refractivity contribution in [2.75, 3.05) is 20.3 Å². The largest absolute Gasteiger partial charge is 0.493 e. The molecule has 1 saturated carbocycles. The highest BCUT2D eigenvalue weighted by Gasteiger charge is 2.29. The topological polar surface area (TPSA) is 68.9 Å². The maximum absolute atomic E-state index is 12.2. The molecule has 0 atom stereocenters. The number of halogens is 3. The van der Waals surface area contributed by atoms with Crippen molar-refractivity contribution < 1.29 is 22.6 Å². The summed E-state index contributed by atoms with van der Waals surface area (Å²) in [6.45, 7) is -0.235. The van der Waals surface area contributed by atoms with Crippen LogP contribution in [0.2, 0.25) is 0 Å². The molecule has 0 amide bonds. The van der Waals surface area contributed by atoms with Gasteiger partial charge in [0.1, 0.15) is 0 Å². The lowest BCUT2D eigenvalue weighted by Gasteiger charge is -2.25. The van der Waals surface area contributed by atoms with Crippen molar-refractivity contribution >= 4 is 5.96 Å². The molecule has 3 N–H and O–H groups in total. The molecular formula is C16H22F3N3O2. The van der Waals surface area contributed by atoms with E-state index in [2.05, 4.69) is 10.3 Å². The predicted molar refractivity (Wildman–Crippen MR) is 85.2 cm³/mol. The molecule has 0 bridgehead atoms. The van der Waals surface area contributed by atoms with Crippen LogP contribution in [0.25, 0.3) is 0 Å². The van der Waals surface area contributed by atoms with E-state index in [0.29, 0.717) is 18.4 Å². The zero-order valence-corrected chi connectivity index (χ0v) is 13.5. The monoisotopic (exact) mass is 345 g/mol. The van der Waals surface area contributed by atoms with Gasteiger partial charge < -0.3 is 20.5 Å². The third-order valence-electron chi connectivity index (χ3n) is 3.85. The highest BCUT2D eigenvalue weighted by Crippen LogP contribution is 2.30. The minimum Gasteiger partial charge on any atom is -0.493 e. The van der Waals surface area contributed by atoms with Crippen molar-refractivity contribution in [1.82, 2.24) is 5.32 Å². The molecular weight excluding hydrogens is 323 g/mol. The molecule has 0 unspecified atom stereocenters. The van der Waals surface area contributed by atoms with Gasteiger partial charge in [-0.1, -0.05) is 12.5 Å². The molecule has 0 aromatic heterocycles. The second-order valence-corrected chi connectivity index (χ2v) is 5.77. The van der Waals surface area contributed by atoms with Crippen LogP contribution in [0.1, 0.15) is 24.8 Å². The van der Waals surface area contributed by atoms with Gasteiger partial charge in [-0.2, -0.15) is 13.2 Å². The maximum atomic E-state index is 12.2. The molecule has 0 saturated heterocycles. The molecule has 1 aliphatic carbocycles. The lowest BCUT2D eigenvalue weighted by atomic mass is 9.85. The standard InChI is InChI=1S/C16H22F3N3O2/c1-23-14-7-12(5-6-13(14)24-10-16(17,18)19)9-22-15(20)21-8-11-3-2-4-11/h5-7,11H,2-4,8-10H2,1H3,(H3,20,21,22). The summed E-state index contributed by atoms with van der Waals surface area (Å²) < 4.78 is 46.5. The fourth-order valence-corrected chi connectivity index (χ4v) is 2.27. The number of hydrogen-bond acceptors (Lipinski definition) is 3. The van der Waals surface area contributed by atoms with Crippen LogP contribution in [0.4, 0.5) is 13.2 Å². The van der Waals surface area contributed by atoms with Gasteiger partial charge in [0.15, 0.2) is 24.1 Å². The van der Waals surface area contributed by atoms with Gasteiger partial charge in [0, 0.05) is 6.54 Å². The number of aliphatic imine (C=N–C) groups is 1. The average Bonchev–Trinajstić information content (AvgIpc) is 2.48. The molecule has 1 aromatic carbocycles. The highest BCUT2D eigenvalue weighted by atomic mass is 19.4. The van der Waals surface area contributed by atoms with E-state index in [0.717, 1.165) is 12.1 Å². The molecule has 8 heteroatoms. The molecule has 1 aliphatic rings. The summed E-state index contributed by atoms with van der Waals surface area (Å²) in [6, 6.07) is 4.67. The Labute approximate surface area is 139 Å². The maximum Gasteiger partial charge on any atom is 0.422 e. The molecule has 1 fully saturated rings. The van der Waals surface area contributed by atoms with E-state index in [1.165, 1.54) is 32.4 Å². The summed E-state index contributed by atoms with van der Waals surface area (Å²) in [5, 5.41) is 3.08. The smallest absolute Gasteiger partial charge is 0.422 e. The Balaban J connectivity index is 1.90. The Hall–Kier alpha value is -2.12. The summed E-state index contributed by atoms with van der Waals surface area (Å²) in [7, 11) is 1.37. The molecule has 2 rings (SSSR count). The van der Waals surface area contributed by atoms with Crippen LogP contribution in [0, 0.1) is 5.92 Å². The van der Waals surface area contributed by atoms with Gasteiger partial charge in [-0.25, -0.2) is 4.99 Å². The number of nitrogens with two attached hydrogens (primary N) is 1.